The number of aryl methyl sites for hydroxylation is 2. The van der Waals surface area contributed by atoms with Crippen molar-refractivity contribution in [1.29, 1.82) is 5.26 Å². The van der Waals surface area contributed by atoms with Gasteiger partial charge in [0.1, 0.15) is 11.6 Å². The van der Waals surface area contributed by atoms with Crippen LogP contribution < -0.4 is 10.0 Å². The molecule has 2 aliphatic carbocycles. The first kappa shape index (κ1) is 19.3. The molecule has 29 heavy (non-hydrogen) atoms. The zero-order chi connectivity index (χ0) is 20.6. The molecule has 0 bridgehead atoms. The molecule has 0 aliphatic heterocycles. The van der Waals surface area contributed by atoms with E-state index >= 15 is 0 Å². The summed E-state index contributed by atoms with van der Waals surface area (Å²) in [6, 6.07) is 3.53. The van der Waals surface area contributed by atoms with Crippen LogP contribution in [0.15, 0.2) is 33.5 Å². The van der Waals surface area contributed by atoms with E-state index in [0.717, 1.165) is 61.8 Å². The molecule has 0 saturated carbocycles. The summed E-state index contributed by atoms with van der Waals surface area (Å²) in [5.41, 5.74) is 5.27. The summed E-state index contributed by atoms with van der Waals surface area (Å²) in [4.78, 5) is 12.3. The number of nitriles is 1. The molecule has 0 fully saturated rings. The van der Waals surface area contributed by atoms with Crippen LogP contribution in [0.2, 0.25) is 0 Å². The van der Waals surface area contributed by atoms with Crippen LogP contribution in [0.5, 0.6) is 0 Å². The Balaban J connectivity index is 1.67. The van der Waals surface area contributed by atoms with E-state index in [9.17, 15) is 17.8 Å². The maximum Gasteiger partial charge on any atom is 0.331 e. The fourth-order valence-electron chi connectivity index (χ4n) is 4.11. The lowest BCUT2D eigenvalue weighted by molar-refractivity contribution is 0.256. The second-order valence-electron chi connectivity index (χ2n) is 7.11. The molecular weight excluding hydrogens is 398 g/mol. The minimum atomic E-state index is -3.89. The van der Waals surface area contributed by atoms with Crippen LogP contribution in [0.25, 0.3) is 0 Å². The minimum absolute atomic E-state index is 0.421. The molecule has 6 nitrogen and oxygen atoms in total. The van der Waals surface area contributed by atoms with Gasteiger partial charge in [-0.1, -0.05) is 10.4 Å². The van der Waals surface area contributed by atoms with Crippen LogP contribution in [0.4, 0.5) is 19.3 Å². The van der Waals surface area contributed by atoms with E-state index in [-0.39, 0.29) is 0 Å². The summed E-state index contributed by atoms with van der Waals surface area (Å²) in [7, 11) is -3.89. The molecule has 0 aromatic heterocycles. The van der Waals surface area contributed by atoms with Crippen molar-refractivity contribution in [3.63, 3.8) is 0 Å². The molecule has 4 rings (SSSR count). The number of halogens is 2. The Kier molecular flexibility index (Phi) is 4.96. The summed E-state index contributed by atoms with van der Waals surface area (Å²) in [5, 5.41) is 11.7. The van der Waals surface area contributed by atoms with Crippen LogP contribution in [0.1, 0.15) is 35.1 Å². The smallest absolute Gasteiger partial charge is 0.307 e. The van der Waals surface area contributed by atoms with Gasteiger partial charge < -0.3 is 5.32 Å². The van der Waals surface area contributed by atoms with Crippen LogP contribution in [0.3, 0.4) is 0 Å². The molecule has 1 atom stereocenters. The van der Waals surface area contributed by atoms with E-state index in [2.05, 4.69) is 20.5 Å². The minimum Gasteiger partial charge on any atom is -0.307 e. The maximum atomic E-state index is 13.6. The van der Waals surface area contributed by atoms with E-state index in [4.69, 9.17) is 5.26 Å². The molecule has 2 N–H and O–H groups in total. The largest absolute Gasteiger partial charge is 0.331 e. The Bertz CT molecular complexity index is 1130. The summed E-state index contributed by atoms with van der Waals surface area (Å²) in [6.07, 6.45) is 6.93. The standard InChI is InChI=1S/C20H18F2N4O2S/c21-14-8-15(22)10-16(9-14)29(28,24-11-23)26-20(27)25-19-17-5-1-3-12(17)7-13-4-2-6-18(13)19/h7-10H,1-6H2,(H2,24,25,26,27,28). The number of nitrogens with one attached hydrogen (secondary N) is 2. The molecule has 0 radical (unpaired) electrons. The number of carbonyl (C=O) groups is 1. The molecule has 0 heterocycles. The fourth-order valence-corrected chi connectivity index (χ4v) is 5.34. The molecule has 1 unspecified atom stereocenters. The summed E-state index contributed by atoms with van der Waals surface area (Å²) >= 11 is 0. The molecular formula is C20H18F2N4O2S. The van der Waals surface area contributed by atoms with Gasteiger partial charge in [-0.25, -0.2) is 22.5 Å². The Hall–Kier alpha value is -2.99. The highest BCUT2D eigenvalue weighted by molar-refractivity contribution is 7.92. The van der Waals surface area contributed by atoms with Crippen molar-refractivity contribution < 1.29 is 17.8 Å². The first-order valence-corrected chi connectivity index (χ1v) is 10.8. The predicted molar refractivity (Wildman–Crippen MR) is 103 cm³/mol. The number of fused-ring (bicyclic) bond motifs is 2. The number of benzene rings is 2. The lowest BCUT2D eigenvalue weighted by atomic mass is 9.99. The van der Waals surface area contributed by atoms with Crippen molar-refractivity contribution in [2.24, 2.45) is 4.36 Å². The van der Waals surface area contributed by atoms with Gasteiger partial charge in [0.2, 0.25) is 6.19 Å². The van der Waals surface area contributed by atoms with E-state index in [1.807, 2.05) is 0 Å². The van der Waals surface area contributed by atoms with Gasteiger partial charge in [-0.05, 0) is 72.9 Å². The van der Waals surface area contributed by atoms with Crippen LogP contribution in [-0.4, -0.2) is 10.2 Å². The number of hydrogen-bond donors (Lipinski definition) is 2. The SMILES string of the molecule is N#CN=S(=O)(NC(=O)Nc1c2c(cc3c1CCC3)CCC2)c1cc(F)cc(F)c1. The third kappa shape index (κ3) is 3.68. The van der Waals surface area contributed by atoms with E-state index < -0.39 is 32.5 Å². The topological polar surface area (TPSA) is 94.3 Å². The second kappa shape index (κ2) is 7.44. The molecule has 9 heteroatoms. The van der Waals surface area contributed by atoms with Crippen molar-refractivity contribution in [2.45, 2.75) is 43.4 Å². The number of nitrogens with zero attached hydrogens (tertiary/aromatic N) is 2. The average molecular weight is 416 g/mol. The van der Waals surface area contributed by atoms with Crippen molar-refractivity contribution in [3.8, 4) is 6.19 Å². The zero-order valence-corrected chi connectivity index (χ0v) is 16.2. The van der Waals surface area contributed by atoms with Gasteiger partial charge in [-0.3, -0.25) is 0 Å². The van der Waals surface area contributed by atoms with Crippen LogP contribution in [0, 0.1) is 23.1 Å². The maximum absolute atomic E-state index is 13.6. The van der Waals surface area contributed by atoms with Crippen molar-refractivity contribution in [1.82, 2.24) is 4.72 Å². The van der Waals surface area contributed by atoms with Gasteiger partial charge in [0.25, 0.3) is 0 Å². The number of anilines is 1. The average Bonchev–Trinajstić information content (AvgIpc) is 3.29. The third-order valence-electron chi connectivity index (χ3n) is 5.27. The quantitative estimate of drug-likeness (QED) is 0.741. The Morgan fingerprint density at radius 1 is 1.00 bits per heavy atom. The molecule has 0 saturated heterocycles. The molecule has 2 aromatic carbocycles. The summed E-state index contributed by atoms with van der Waals surface area (Å²) < 4.78 is 45.6. The fraction of sp³-hybridized carbons (Fsp3) is 0.300. The molecule has 2 amide bonds. The van der Waals surface area contributed by atoms with Gasteiger partial charge in [-0.15, -0.1) is 0 Å². The van der Waals surface area contributed by atoms with Gasteiger partial charge in [0, 0.05) is 11.8 Å². The zero-order valence-electron chi connectivity index (χ0n) is 15.4. The van der Waals surface area contributed by atoms with E-state index in [1.54, 1.807) is 0 Å². The molecule has 150 valence electrons. The van der Waals surface area contributed by atoms with E-state index in [0.29, 0.717) is 11.8 Å². The predicted octanol–water partition coefficient (Wildman–Crippen LogP) is 3.99. The Labute approximate surface area is 167 Å². The van der Waals surface area contributed by atoms with Gasteiger partial charge in [0.05, 0.1) is 4.90 Å². The highest BCUT2D eigenvalue weighted by Gasteiger charge is 2.26. The monoisotopic (exact) mass is 416 g/mol. The molecule has 0 spiro atoms. The third-order valence-corrected chi connectivity index (χ3v) is 6.94. The number of carbonyl (C=O) groups excluding carboxylic acids is 1. The second-order valence-corrected chi connectivity index (χ2v) is 9.02. The number of amides is 2. The van der Waals surface area contributed by atoms with Crippen molar-refractivity contribution in [2.75, 3.05) is 5.32 Å². The summed E-state index contributed by atoms with van der Waals surface area (Å²) in [5.74, 6) is -1.97. The van der Waals surface area contributed by atoms with Gasteiger partial charge in [-0.2, -0.15) is 5.26 Å². The van der Waals surface area contributed by atoms with E-state index in [1.165, 1.54) is 17.3 Å². The first-order valence-electron chi connectivity index (χ1n) is 9.26. The molecule has 2 aliphatic rings. The van der Waals surface area contributed by atoms with Crippen LogP contribution in [-0.2, 0) is 35.6 Å². The first-order chi connectivity index (χ1) is 13.9. The van der Waals surface area contributed by atoms with Crippen molar-refractivity contribution >= 4 is 21.6 Å². The van der Waals surface area contributed by atoms with Gasteiger partial charge >= 0.3 is 6.03 Å². The Morgan fingerprint density at radius 3 is 2.14 bits per heavy atom. The number of rotatable bonds is 3. The van der Waals surface area contributed by atoms with Crippen molar-refractivity contribution in [3.05, 3.63) is 58.2 Å². The lowest BCUT2D eigenvalue weighted by Crippen LogP contribution is -2.35. The highest BCUT2D eigenvalue weighted by atomic mass is 32.2. The highest BCUT2D eigenvalue weighted by Crippen LogP contribution is 2.38. The Morgan fingerprint density at radius 2 is 1.59 bits per heavy atom. The lowest BCUT2D eigenvalue weighted by Gasteiger charge is -2.17. The number of hydrogen-bond acceptors (Lipinski definition) is 4. The normalized spacial score (nSPS) is 16.3. The van der Waals surface area contributed by atoms with Crippen LogP contribution >= 0.6 is 0 Å². The van der Waals surface area contributed by atoms with Gasteiger partial charge in [0.15, 0.2) is 9.92 Å². The number of urea groups is 1. The molecule has 2 aromatic rings. The summed E-state index contributed by atoms with van der Waals surface area (Å²) in [6.45, 7) is 0.